The number of benzene rings is 1. The number of aromatic nitrogens is 3. The van der Waals surface area contributed by atoms with E-state index in [0.717, 1.165) is 23.5 Å². The van der Waals surface area contributed by atoms with Gasteiger partial charge < -0.3 is 4.90 Å². The Morgan fingerprint density at radius 1 is 1.10 bits per heavy atom. The van der Waals surface area contributed by atoms with Crippen LogP contribution in [-0.4, -0.2) is 43.9 Å². The van der Waals surface area contributed by atoms with E-state index in [1.54, 1.807) is 35.4 Å². The molecule has 1 aromatic carbocycles. The van der Waals surface area contributed by atoms with E-state index in [1.807, 2.05) is 18.3 Å². The Bertz CT molecular complexity index is 987. The third-order valence-corrected chi connectivity index (χ3v) is 5.95. The normalized spacial score (nSPS) is 16.9. The molecular weight excluding hydrogens is 411 g/mol. The van der Waals surface area contributed by atoms with Crippen molar-refractivity contribution in [3.8, 4) is 5.69 Å². The van der Waals surface area contributed by atoms with Crippen LogP contribution in [0, 0.1) is 0 Å². The Labute approximate surface area is 177 Å². The number of alkyl halides is 3. The highest BCUT2D eigenvalue weighted by Crippen LogP contribution is 2.38. The van der Waals surface area contributed by atoms with Crippen LogP contribution in [0.2, 0.25) is 0 Å². The minimum atomic E-state index is -4.27. The fourth-order valence-corrected chi connectivity index (χ4v) is 4.22. The summed E-state index contributed by atoms with van der Waals surface area (Å²) in [6, 6.07) is 10.5. The van der Waals surface area contributed by atoms with Crippen LogP contribution in [0.5, 0.6) is 0 Å². The van der Waals surface area contributed by atoms with E-state index in [9.17, 15) is 13.2 Å². The number of thioether (sulfide) groups is 1. The second-order valence-corrected chi connectivity index (χ2v) is 8.98. The summed E-state index contributed by atoms with van der Waals surface area (Å²) in [7, 11) is 0. The van der Waals surface area contributed by atoms with E-state index < -0.39 is 5.51 Å². The lowest BCUT2D eigenvalue weighted by Crippen LogP contribution is -2.39. The van der Waals surface area contributed by atoms with Crippen LogP contribution in [0.25, 0.3) is 5.69 Å². The fraction of sp³-hybridized carbons (Fsp3) is 0.333. The fourth-order valence-electron chi connectivity index (χ4n) is 3.68. The highest BCUT2D eigenvalue weighted by atomic mass is 32.2. The first kappa shape index (κ1) is 20.7. The average molecular weight is 434 g/mol. The number of pyridine rings is 1. The standard InChI is InChI=1S/C21H22F3N5S/c1-20(2)14-27(17-4-6-18(7-5-17)30-21(22,23)24)15-28(20)13-16-8-10-25-12-19(16)29-11-3-9-26-29/h3-12H,13-15H2,1-2H3. The number of hydrogen-bond donors (Lipinski definition) is 0. The maximum atomic E-state index is 12.6. The monoisotopic (exact) mass is 433 g/mol. The predicted octanol–water partition coefficient (Wildman–Crippen LogP) is 4.94. The van der Waals surface area contributed by atoms with Gasteiger partial charge in [-0.2, -0.15) is 18.3 Å². The van der Waals surface area contributed by atoms with Crippen LogP contribution >= 0.6 is 11.8 Å². The SMILES string of the molecule is CC1(C)CN(c2ccc(SC(F)(F)F)cc2)CN1Cc1ccncc1-n1cccn1. The number of halogens is 3. The summed E-state index contributed by atoms with van der Waals surface area (Å²) in [5.74, 6) is 0. The van der Waals surface area contributed by atoms with Gasteiger partial charge in [-0.15, -0.1) is 0 Å². The second kappa shape index (κ2) is 7.96. The summed E-state index contributed by atoms with van der Waals surface area (Å²) >= 11 is -0.0887. The average Bonchev–Trinajstić information content (AvgIpc) is 3.30. The molecule has 0 N–H and O–H groups in total. The van der Waals surface area contributed by atoms with E-state index in [0.29, 0.717) is 13.2 Å². The third kappa shape index (κ3) is 4.62. The molecule has 4 rings (SSSR count). The van der Waals surface area contributed by atoms with Gasteiger partial charge in [0.1, 0.15) is 0 Å². The topological polar surface area (TPSA) is 37.2 Å². The molecule has 3 aromatic rings. The van der Waals surface area contributed by atoms with Crippen molar-refractivity contribution < 1.29 is 13.2 Å². The number of hydrogen-bond acceptors (Lipinski definition) is 5. The zero-order valence-corrected chi connectivity index (χ0v) is 17.5. The lowest BCUT2D eigenvalue weighted by Gasteiger charge is -2.30. The largest absolute Gasteiger partial charge is 0.446 e. The molecule has 1 aliphatic heterocycles. The van der Waals surface area contributed by atoms with Crippen molar-refractivity contribution in [2.45, 2.75) is 36.3 Å². The summed E-state index contributed by atoms with van der Waals surface area (Å²) in [6.07, 6.45) is 7.21. The minimum Gasteiger partial charge on any atom is -0.357 e. The predicted molar refractivity (Wildman–Crippen MR) is 112 cm³/mol. The lowest BCUT2D eigenvalue weighted by atomic mass is 10.0. The van der Waals surface area contributed by atoms with E-state index in [1.165, 1.54) is 12.1 Å². The van der Waals surface area contributed by atoms with E-state index in [2.05, 4.69) is 33.7 Å². The van der Waals surface area contributed by atoms with Crippen molar-refractivity contribution in [3.63, 3.8) is 0 Å². The molecule has 30 heavy (non-hydrogen) atoms. The quantitative estimate of drug-likeness (QED) is 0.533. The van der Waals surface area contributed by atoms with Gasteiger partial charge in [0.2, 0.25) is 0 Å². The zero-order chi connectivity index (χ0) is 21.4. The summed E-state index contributed by atoms with van der Waals surface area (Å²) in [6.45, 7) is 6.52. The van der Waals surface area contributed by atoms with Gasteiger partial charge in [0.15, 0.2) is 0 Å². The highest BCUT2D eigenvalue weighted by molar-refractivity contribution is 8.00. The molecule has 5 nitrogen and oxygen atoms in total. The Morgan fingerprint density at radius 2 is 1.87 bits per heavy atom. The van der Waals surface area contributed by atoms with Crippen LogP contribution < -0.4 is 4.90 Å². The summed E-state index contributed by atoms with van der Waals surface area (Å²) in [4.78, 5) is 8.98. The van der Waals surface area contributed by atoms with Gasteiger partial charge in [-0.1, -0.05) is 0 Å². The van der Waals surface area contributed by atoms with Gasteiger partial charge in [-0.05, 0) is 67.6 Å². The van der Waals surface area contributed by atoms with E-state index in [-0.39, 0.29) is 22.2 Å². The molecule has 0 amide bonds. The van der Waals surface area contributed by atoms with Crippen molar-refractivity contribution in [1.29, 1.82) is 0 Å². The van der Waals surface area contributed by atoms with Gasteiger partial charge >= 0.3 is 5.51 Å². The molecule has 2 aromatic heterocycles. The Kier molecular flexibility index (Phi) is 5.50. The zero-order valence-electron chi connectivity index (χ0n) is 16.7. The molecule has 0 radical (unpaired) electrons. The van der Waals surface area contributed by atoms with Crippen molar-refractivity contribution >= 4 is 17.4 Å². The number of rotatable bonds is 5. The number of nitrogens with zero attached hydrogens (tertiary/aromatic N) is 5. The van der Waals surface area contributed by atoms with Gasteiger partial charge in [0.25, 0.3) is 0 Å². The first-order valence-corrected chi connectivity index (χ1v) is 10.3. The van der Waals surface area contributed by atoms with Crippen molar-refractivity contribution in [2.24, 2.45) is 0 Å². The molecule has 158 valence electrons. The summed E-state index contributed by atoms with van der Waals surface area (Å²) < 4.78 is 39.5. The van der Waals surface area contributed by atoms with Crippen molar-refractivity contribution in [1.82, 2.24) is 19.7 Å². The Morgan fingerprint density at radius 3 is 2.53 bits per heavy atom. The first-order chi connectivity index (χ1) is 14.2. The van der Waals surface area contributed by atoms with Crippen LogP contribution in [-0.2, 0) is 6.54 Å². The Balaban J connectivity index is 1.51. The van der Waals surface area contributed by atoms with Crippen LogP contribution in [0.4, 0.5) is 18.9 Å². The molecule has 3 heterocycles. The molecule has 1 aliphatic rings. The molecule has 1 saturated heterocycles. The molecular formula is C21H22F3N5S. The molecule has 0 bridgehead atoms. The molecule has 9 heteroatoms. The van der Waals surface area contributed by atoms with Gasteiger partial charge in [0.05, 0.1) is 18.6 Å². The van der Waals surface area contributed by atoms with Gasteiger partial charge in [0, 0.05) is 47.8 Å². The Hall–Kier alpha value is -2.52. The van der Waals surface area contributed by atoms with E-state index in [4.69, 9.17) is 0 Å². The number of anilines is 1. The lowest BCUT2D eigenvalue weighted by molar-refractivity contribution is -0.0328. The van der Waals surface area contributed by atoms with E-state index >= 15 is 0 Å². The molecule has 0 aliphatic carbocycles. The molecule has 0 atom stereocenters. The maximum absolute atomic E-state index is 12.6. The highest BCUT2D eigenvalue weighted by Gasteiger charge is 2.37. The van der Waals surface area contributed by atoms with Crippen molar-refractivity contribution in [3.05, 3.63) is 66.7 Å². The molecule has 1 fully saturated rings. The van der Waals surface area contributed by atoms with Crippen LogP contribution in [0.15, 0.2) is 66.1 Å². The van der Waals surface area contributed by atoms with Gasteiger partial charge in [-0.25, -0.2) is 4.68 Å². The molecule has 0 spiro atoms. The van der Waals surface area contributed by atoms with Gasteiger partial charge in [-0.3, -0.25) is 9.88 Å². The minimum absolute atomic E-state index is 0.0887. The van der Waals surface area contributed by atoms with Crippen LogP contribution in [0.3, 0.4) is 0 Å². The maximum Gasteiger partial charge on any atom is 0.446 e. The van der Waals surface area contributed by atoms with Crippen molar-refractivity contribution in [2.75, 3.05) is 18.1 Å². The first-order valence-electron chi connectivity index (χ1n) is 9.50. The smallest absolute Gasteiger partial charge is 0.357 e. The summed E-state index contributed by atoms with van der Waals surface area (Å²) in [5.41, 5.74) is -1.42. The third-order valence-electron chi connectivity index (χ3n) is 5.21. The molecule has 0 saturated carbocycles. The second-order valence-electron chi connectivity index (χ2n) is 7.85. The van der Waals surface area contributed by atoms with Crippen LogP contribution in [0.1, 0.15) is 19.4 Å². The molecule has 0 unspecified atom stereocenters. The summed E-state index contributed by atoms with van der Waals surface area (Å²) in [5, 5.41) is 4.32.